The van der Waals surface area contributed by atoms with Crippen LogP contribution in [-0.2, 0) is 17.8 Å². The van der Waals surface area contributed by atoms with E-state index in [-0.39, 0.29) is 11.8 Å². The molecule has 2 N–H and O–H groups in total. The van der Waals surface area contributed by atoms with Crippen LogP contribution in [0.5, 0.6) is 0 Å². The number of nitrogens with zero attached hydrogens (tertiary/aromatic N) is 2. The van der Waals surface area contributed by atoms with Gasteiger partial charge < -0.3 is 10.6 Å². The first-order valence-corrected chi connectivity index (χ1v) is 6.82. The lowest BCUT2D eigenvalue weighted by Gasteiger charge is -2.07. The van der Waals surface area contributed by atoms with Gasteiger partial charge in [-0.1, -0.05) is 6.07 Å². The van der Waals surface area contributed by atoms with E-state index >= 15 is 0 Å². The Morgan fingerprint density at radius 1 is 1.48 bits per heavy atom. The fraction of sp³-hybridized carbons (Fsp3) is 0.267. The summed E-state index contributed by atoms with van der Waals surface area (Å²) in [6.07, 6.45) is 4.10. The molecule has 1 aliphatic rings. The van der Waals surface area contributed by atoms with Crippen LogP contribution < -0.4 is 10.6 Å². The van der Waals surface area contributed by atoms with E-state index in [0.29, 0.717) is 25.1 Å². The lowest BCUT2D eigenvalue weighted by Crippen LogP contribution is -2.27. The van der Waals surface area contributed by atoms with Crippen LogP contribution in [0.2, 0.25) is 0 Å². The van der Waals surface area contributed by atoms with Crippen molar-refractivity contribution in [2.75, 3.05) is 11.9 Å². The Kier molecular flexibility index (Phi) is 3.43. The maximum Gasteiger partial charge on any atom is 0.251 e. The number of amides is 2. The van der Waals surface area contributed by atoms with Crippen molar-refractivity contribution in [1.82, 2.24) is 15.1 Å². The van der Waals surface area contributed by atoms with E-state index in [0.717, 1.165) is 16.8 Å². The molecule has 0 saturated carbocycles. The number of hydrogen-bond donors (Lipinski definition) is 2. The predicted octanol–water partition coefficient (Wildman–Crippen LogP) is 1.12. The molecule has 6 heteroatoms. The summed E-state index contributed by atoms with van der Waals surface area (Å²) < 4.78 is 1.79. The topological polar surface area (TPSA) is 76.0 Å². The fourth-order valence-corrected chi connectivity index (χ4v) is 2.33. The number of anilines is 1. The highest BCUT2D eigenvalue weighted by molar-refractivity contribution is 6.02. The first-order chi connectivity index (χ1) is 10.1. The van der Waals surface area contributed by atoms with Crippen LogP contribution in [-0.4, -0.2) is 28.1 Å². The molecule has 2 heterocycles. The van der Waals surface area contributed by atoms with Crippen molar-refractivity contribution < 1.29 is 9.59 Å². The molecule has 108 valence electrons. The number of rotatable bonds is 4. The average Bonchev–Trinajstić information content (AvgIpc) is 3.02. The van der Waals surface area contributed by atoms with Crippen LogP contribution in [0.4, 0.5) is 5.69 Å². The number of benzene rings is 1. The molecule has 0 aliphatic carbocycles. The minimum absolute atomic E-state index is 0.0309. The summed E-state index contributed by atoms with van der Waals surface area (Å²) >= 11 is 0. The third kappa shape index (κ3) is 2.94. The maximum absolute atomic E-state index is 12.1. The highest BCUT2D eigenvalue weighted by atomic mass is 16.2. The second-order valence-electron chi connectivity index (χ2n) is 5.13. The molecule has 0 atom stereocenters. The maximum atomic E-state index is 12.1. The van der Waals surface area contributed by atoms with E-state index in [2.05, 4.69) is 15.7 Å². The van der Waals surface area contributed by atoms with Crippen LogP contribution in [0, 0.1) is 6.92 Å². The van der Waals surface area contributed by atoms with Gasteiger partial charge in [0.15, 0.2) is 0 Å². The molecule has 0 saturated heterocycles. The summed E-state index contributed by atoms with van der Waals surface area (Å²) in [6, 6.07) is 5.28. The summed E-state index contributed by atoms with van der Waals surface area (Å²) in [5, 5.41) is 9.75. The smallest absolute Gasteiger partial charge is 0.251 e. The molecule has 2 aromatic rings. The summed E-state index contributed by atoms with van der Waals surface area (Å²) in [4.78, 5) is 23.4. The average molecular weight is 284 g/mol. The van der Waals surface area contributed by atoms with E-state index in [1.165, 1.54) is 0 Å². The molecular weight excluding hydrogens is 268 g/mol. The van der Waals surface area contributed by atoms with Crippen LogP contribution in [0.1, 0.15) is 21.5 Å². The number of aromatic nitrogens is 2. The second-order valence-corrected chi connectivity index (χ2v) is 5.13. The zero-order valence-corrected chi connectivity index (χ0v) is 11.7. The molecule has 1 aromatic carbocycles. The highest BCUT2D eigenvalue weighted by Gasteiger charge is 2.18. The number of carbonyl (C=O) groups is 2. The number of fused-ring (bicyclic) bond motifs is 1. The van der Waals surface area contributed by atoms with E-state index in [1.54, 1.807) is 23.0 Å². The molecule has 21 heavy (non-hydrogen) atoms. The summed E-state index contributed by atoms with van der Waals surface area (Å²) in [5.41, 5.74) is 3.31. The largest absolute Gasteiger partial charge is 0.350 e. The monoisotopic (exact) mass is 284 g/mol. The van der Waals surface area contributed by atoms with Crippen molar-refractivity contribution in [1.29, 1.82) is 0 Å². The summed E-state index contributed by atoms with van der Waals surface area (Å²) in [7, 11) is 0. The van der Waals surface area contributed by atoms with Crippen LogP contribution in [0.15, 0.2) is 30.6 Å². The predicted molar refractivity (Wildman–Crippen MR) is 78.1 cm³/mol. The molecule has 0 spiro atoms. The first-order valence-electron chi connectivity index (χ1n) is 6.82. The zero-order chi connectivity index (χ0) is 14.8. The van der Waals surface area contributed by atoms with Gasteiger partial charge in [0, 0.05) is 24.0 Å². The van der Waals surface area contributed by atoms with Gasteiger partial charge in [0.2, 0.25) is 5.91 Å². The van der Waals surface area contributed by atoms with Gasteiger partial charge >= 0.3 is 0 Å². The van der Waals surface area contributed by atoms with Crippen LogP contribution in [0.3, 0.4) is 0 Å². The first kappa shape index (κ1) is 13.4. The lowest BCUT2D eigenvalue weighted by atomic mass is 10.1. The molecule has 0 radical (unpaired) electrons. The normalized spacial score (nSPS) is 12.9. The Morgan fingerprint density at radius 3 is 3.10 bits per heavy atom. The van der Waals surface area contributed by atoms with Gasteiger partial charge in [-0.25, -0.2) is 0 Å². The van der Waals surface area contributed by atoms with Crippen LogP contribution in [0.25, 0.3) is 0 Å². The van der Waals surface area contributed by atoms with Gasteiger partial charge in [0.25, 0.3) is 5.91 Å². The lowest BCUT2D eigenvalue weighted by molar-refractivity contribution is -0.115. The molecular formula is C15H16N4O2. The van der Waals surface area contributed by atoms with Gasteiger partial charge in [-0.05, 0) is 30.2 Å². The van der Waals surface area contributed by atoms with Crippen molar-refractivity contribution in [3.8, 4) is 0 Å². The number of aryl methyl sites for hydroxylation is 1. The van der Waals surface area contributed by atoms with E-state index in [1.807, 2.05) is 19.2 Å². The van der Waals surface area contributed by atoms with Crippen molar-refractivity contribution in [2.45, 2.75) is 19.9 Å². The Hall–Kier alpha value is -2.63. The number of carbonyl (C=O) groups excluding carboxylic acids is 2. The Bertz CT molecular complexity index is 705. The summed E-state index contributed by atoms with van der Waals surface area (Å²) in [5.74, 6) is -0.181. The molecule has 1 aromatic heterocycles. The van der Waals surface area contributed by atoms with Gasteiger partial charge in [0.05, 0.1) is 19.2 Å². The zero-order valence-electron chi connectivity index (χ0n) is 11.7. The van der Waals surface area contributed by atoms with Crippen molar-refractivity contribution in [3.63, 3.8) is 0 Å². The molecule has 0 bridgehead atoms. The standard InChI is InChI=1S/C15H16N4O2/c1-10-8-17-19(9-10)5-4-16-15(21)12-3-2-11-7-14(20)18-13(11)6-12/h2-3,6,8-9H,4-5,7H2,1H3,(H,16,21)(H,18,20). The quantitative estimate of drug-likeness (QED) is 0.883. The Morgan fingerprint density at radius 2 is 2.33 bits per heavy atom. The van der Waals surface area contributed by atoms with Crippen molar-refractivity contribution in [2.24, 2.45) is 0 Å². The molecule has 3 rings (SSSR count). The Labute approximate surface area is 122 Å². The van der Waals surface area contributed by atoms with E-state index in [4.69, 9.17) is 0 Å². The third-order valence-corrected chi connectivity index (χ3v) is 3.39. The van der Waals surface area contributed by atoms with E-state index in [9.17, 15) is 9.59 Å². The minimum atomic E-state index is -0.150. The van der Waals surface area contributed by atoms with Gasteiger partial charge in [-0.2, -0.15) is 5.10 Å². The van der Waals surface area contributed by atoms with Crippen LogP contribution >= 0.6 is 0 Å². The molecule has 6 nitrogen and oxygen atoms in total. The fourth-order valence-electron chi connectivity index (χ4n) is 2.33. The van der Waals surface area contributed by atoms with Gasteiger partial charge in [0.1, 0.15) is 0 Å². The van der Waals surface area contributed by atoms with E-state index < -0.39 is 0 Å². The minimum Gasteiger partial charge on any atom is -0.350 e. The molecule has 2 amide bonds. The van der Waals surface area contributed by atoms with Gasteiger partial charge in [-0.15, -0.1) is 0 Å². The van der Waals surface area contributed by atoms with Crippen molar-refractivity contribution in [3.05, 3.63) is 47.3 Å². The summed E-state index contributed by atoms with van der Waals surface area (Å²) in [6.45, 7) is 3.10. The van der Waals surface area contributed by atoms with Gasteiger partial charge in [-0.3, -0.25) is 14.3 Å². The SMILES string of the molecule is Cc1cnn(CCNC(=O)c2ccc3c(c2)NC(=O)C3)c1. The number of hydrogen-bond acceptors (Lipinski definition) is 3. The Balaban J connectivity index is 1.58. The molecule has 0 unspecified atom stereocenters. The molecule has 0 fully saturated rings. The highest BCUT2D eigenvalue weighted by Crippen LogP contribution is 2.23. The van der Waals surface area contributed by atoms with Crippen molar-refractivity contribution >= 4 is 17.5 Å². The second kappa shape index (κ2) is 5.40. The molecule has 1 aliphatic heterocycles. The number of nitrogens with one attached hydrogen (secondary N) is 2. The third-order valence-electron chi connectivity index (χ3n) is 3.39.